The molecule has 2 saturated heterocycles. The zero-order chi connectivity index (χ0) is 23.9. The van der Waals surface area contributed by atoms with Crippen molar-refractivity contribution in [2.24, 2.45) is 5.10 Å². The standard InChI is InChI=1S/C25H37N5O4/c1-3-4-16-33-20-7-8-23-21(18-20)22(9-17-34-23)26-30-19-24(31)29(25(30)32)11-6-5-10-28-14-12-27(2)13-15-28/h7-8,18H,3-6,9-17,19H2,1-2H3/b26-22+. The summed E-state index contributed by atoms with van der Waals surface area (Å²) in [4.78, 5) is 31.6. The van der Waals surface area contributed by atoms with Gasteiger partial charge in [-0.25, -0.2) is 9.80 Å². The van der Waals surface area contributed by atoms with Crippen LogP contribution in [0.4, 0.5) is 4.79 Å². The van der Waals surface area contributed by atoms with Crippen molar-refractivity contribution in [2.45, 2.75) is 39.0 Å². The number of unbranched alkanes of at least 4 members (excludes halogenated alkanes) is 2. The Bertz CT molecular complexity index is 897. The number of likely N-dealkylation sites (N-methyl/N-ethyl adjacent to an activating group) is 1. The lowest BCUT2D eigenvalue weighted by molar-refractivity contribution is -0.125. The summed E-state index contributed by atoms with van der Waals surface area (Å²) < 4.78 is 11.6. The molecule has 34 heavy (non-hydrogen) atoms. The van der Waals surface area contributed by atoms with Gasteiger partial charge in [0, 0.05) is 44.7 Å². The Morgan fingerprint density at radius 3 is 2.65 bits per heavy atom. The van der Waals surface area contributed by atoms with Crippen LogP contribution in [0, 0.1) is 0 Å². The summed E-state index contributed by atoms with van der Waals surface area (Å²) in [5, 5.41) is 5.90. The van der Waals surface area contributed by atoms with Gasteiger partial charge in [-0.2, -0.15) is 5.10 Å². The molecule has 2 fully saturated rings. The Balaban J connectivity index is 1.33. The molecule has 9 heteroatoms. The number of carbonyl (C=O) groups excluding carboxylic acids is 2. The van der Waals surface area contributed by atoms with Crippen LogP contribution < -0.4 is 9.47 Å². The highest BCUT2D eigenvalue weighted by molar-refractivity contribution is 6.06. The number of benzene rings is 1. The molecule has 0 bridgehead atoms. The zero-order valence-corrected chi connectivity index (χ0v) is 20.5. The number of piperazine rings is 1. The smallest absolute Gasteiger partial charge is 0.347 e. The van der Waals surface area contributed by atoms with Crippen LogP contribution in [0.3, 0.4) is 0 Å². The Morgan fingerprint density at radius 1 is 1.06 bits per heavy atom. The van der Waals surface area contributed by atoms with E-state index in [-0.39, 0.29) is 18.5 Å². The van der Waals surface area contributed by atoms with Crippen LogP contribution in [0.1, 0.15) is 44.6 Å². The molecule has 3 heterocycles. The number of fused-ring (bicyclic) bond motifs is 1. The molecular weight excluding hydrogens is 434 g/mol. The summed E-state index contributed by atoms with van der Waals surface area (Å²) in [5.74, 6) is 1.31. The van der Waals surface area contributed by atoms with Crippen molar-refractivity contribution in [3.63, 3.8) is 0 Å². The normalized spacial score (nSPS) is 20.7. The van der Waals surface area contributed by atoms with E-state index in [0.29, 0.717) is 26.2 Å². The third-order valence-electron chi connectivity index (χ3n) is 6.61. The first-order valence-corrected chi connectivity index (χ1v) is 12.6. The van der Waals surface area contributed by atoms with Crippen LogP contribution in [-0.2, 0) is 4.79 Å². The number of rotatable bonds is 10. The van der Waals surface area contributed by atoms with Gasteiger partial charge in [0.25, 0.3) is 5.91 Å². The van der Waals surface area contributed by atoms with Gasteiger partial charge >= 0.3 is 6.03 Å². The second-order valence-electron chi connectivity index (χ2n) is 9.24. The van der Waals surface area contributed by atoms with Crippen LogP contribution in [0.5, 0.6) is 11.5 Å². The molecule has 0 aliphatic carbocycles. The lowest BCUT2D eigenvalue weighted by atomic mass is 10.0. The van der Waals surface area contributed by atoms with Crippen molar-refractivity contribution in [1.29, 1.82) is 0 Å². The molecule has 3 aliphatic rings. The van der Waals surface area contributed by atoms with Gasteiger partial charge in [-0.3, -0.25) is 9.69 Å². The largest absolute Gasteiger partial charge is 0.494 e. The van der Waals surface area contributed by atoms with E-state index in [4.69, 9.17) is 9.47 Å². The first kappa shape index (κ1) is 24.5. The average molecular weight is 472 g/mol. The third-order valence-corrected chi connectivity index (χ3v) is 6.61. The molecule has 1 aromatic carbocycles. The molecule has 0 N–H and O–H groups in total. The second kappa shape index (κ2) is 11.7. The zero-order valence-electron chi connectivity index (χ0n) is 20.5. The van der Waals surface area contributed by atoms with Crippen LogP contribution in [-0.4, -0.2) is 103 Å². The Morgan fingerprint density at radius 2 is 1.85 bits per heavy atom. The number of carbonyl (C=O) groups is 2. The maximum absolute atomic E-state index is 12.9. The first-order valence-electron chi connectivity index (χ1n) is 12.6. The lowest BCUT2D eigenvalue weighted by Gasteiger charge is -2.32. The van der Waals surface area contributed by atoms with Gasteiger partial charge in [0.1, 0.15) is 18.0 Å². The number of urea groups is 1. The van der Waals surface area contributed by atoms with Crippen molar-refractivity contribution in [3.8, 4) is 11.5 Å². The number of ether oxygens (including phenoxy) is 2. The van der Waals surface area contributed by atoms with Crippen LogP contribution >= 0.6 is 0 Å². The molecule has 4 rings (SSSR count). The van der Waals surface area contributed by atoms with Crippen LogP contribution in [0.25, 0.3) is 0 Å². The molecule has 9 nitrogen and oxygen atoms in total. The summed E-state index contributed by atoms with van der Waals surface area (Å²) in [6, 6.07) is 5.36. The third kappa shape index (κ3) is 6.07. The van der Waals surface area contributed by atoms with E-state index in [1.807, 2.05) is 18.2 Å². The molecule has 3 aliphatic heterocycles. The summed E-state index contributed by atoms with van der Waals surface area (Å²) in [7, 11) is 2.15. The van der Waals surface area contributed by atoms with Crippen molar-refractivity contribution < 1.29 is 19.1 Å². The van der Waals surface area contributed by atoms with E-state index >= 15 is 0 Å². The summed E-state index contributed by atoms with van der Waals surface area (Å²) in [6.07, 6.45) is 4.42. The maximum Gasteiger partial charge on any atom is 0.347 e. The molecule has 186 valence electrons. The van der Waals surface area contributed by atoms with E-state index in [2.05, 4.69) is 28.9 Å². The predicted molar refractivity (Wildman–Crippen MR) is 130 cm³/mol. The topological polar surface area (TPSA) is 77.9 Å². The molecule has 3 amide bonds. The highest BCUT2D eigenvalue weighted by Crippen LogP contribution is 2.30. The molecular formula is C25H37N5O4. The molecule has 0 atom stereocenters. The van der Waals surface area contributed by atoms with E-state index < -0.39 is 0 Å². The van der Waals surface area contributed by atoms with Gasteiger partial charge in [0.15, 0.2) is 0 Å². The lowest BCUT2D eigenvalue weighted by Crippen LogP contribution is -2.44. The predicted octanol–water partition coefficient (Wildman–Crippen LogP) is 2.64. The summed E-state index contributed by atoms with van der Waals surface area (Å²) in [5.41, 5.74) is 1.58. The number of amides is 3. The Kier molecular flexibility index (Phi) is 8.39. The van der Waals surface area contributed by atoms with Gasteiger partial charge in [-0.1, -0.05) is 13.3 Å². The quantitative estimate of drug-likeness (QED) is 0.386. The molecule has 1 aromatic rings. The highest BCUT2D eigenvalue weighted by Gasteiger charge is 2.36. The van der Waals surface area contributed by atoms with Gasteiger partial charge in [0.2, 0.25) is 0 Å². The number of hydrazone groups is 1. The van der Waals surface area contributed by atoms with E-state index in [1.165, 1.54) is 9.91 Å². The second-order valence-corrected chi connectivity index (χ2v) is 9.24. The minimum atomic E-state index is -0.333. The van der Waals surface area contributed by atoms with Gasteiger partial charge in [0.05, 0.1) is 18.9 Å². The molecule has 0 saturated carbocycles. The van der Waals surface area contributed by atoms with Crippen molar-refractivity contribution in [1.82, 2.24) is 19.7 Å². The summed E-state index contributed by atoms with van der Waals surface area (Å²) >= 11 is 0. The highest BCUT2D eigenvalue weighted by atomic mass is 16.5. The first-order chi connectivity index (χ1) is 16.5. The molecule has 0 unspecified atom stereocenters. The SMILES string of the molecule is CCCCOc1ccc2c(c1)/C(=N/N1CC(=O)N(CCCCN3CCN(C)CC3)C1=O)CCO2. The van der Waals surface area contributed by atoms with Gasteiger partial charge < -0.3 is 19.3 Å². The van der Waals surface area contributed by atoms with Crippen LogP contribution in [0.2, 0.25) is 0 Å². The van der Waals surface area contributed by atoms with Crippen molar-refractivity contribution in [2.75, 3.05) is 66.1 Å². The van der Waals surface area contributed by atoms with E-state index in [0.717, 1.165) is 81.2 Å². The molecule has 0 spiro atoms. The minimum Gasteiger partial charge on any atom is -0.494 e. The summed E-state index contributed by atoms with van der Waals surface area (Å²) in [6.45, 7) is 9.08. The van der Waals surface area contributed by atoms with Crippen molar-refractivity contribution >= 4 is 17.6 Å². The monoisotopic (exact) mass is 471 g/mol. The number of imide groups is 1. The average Bonchev–Trinajstić information content (AvgIpc) is 3.10. The Hall–Kier alpha value is -2.65. The van der Waals surface area contributed by atoms with Gasteiger partial charge in [-0.15, -0.1) is 0 Å². The van der Waals surface area contributed by atoms with Gasteiger partial charge in [-0.05, 0) is 51.1 Å². The fraction of sp³-hybridized carbons (Fsp3) is 0.640. The fourth-order valence-electron chi connectivity index (χ4n) is 4.43. The van der Waals surface area contributed by atoms with Crippen molar-refractivity contribution in [3.05, 3.63) is 23.8 Å². The number of nitrogens with zero attached hydrogens (tertiary/aromatic N) is 5. The number of hydrogen-bond acceptors (Lipinski definition) is 7. The minimum absolute atomic E-state index is 0.0102. The molecule has 0 radical (unpaired) electrons. The fourth-order valence-corrected chi connectivity index (χ4v) is 4.43. The maximum atomic E-state index is 12.9. The van der Waals surface area contributed by atoms with E-state index in [1.54, 1.807) is 0 Å². The van der Waals surface area contributed by atoms with E-state index in [9.17, 15) is 9.59 Å². The number of hydrogen-bond donors (Lipinski definition) is 0. The molecule has 0 aromatic heterocycles. The van der Waals surface area contributed by atoms with Crippen LogP contribution in [0.15, 0.2) is 23.3 Å². The Labute approximate surface area is 202 Å².